The van der Waals surface area contributed by atoms with Crippen LogP contribution in [0.1, 0.15) is 36.6 Å². The molecule has 2 aromatic rings. The zero-order chi connectivity index (χ0) is 14.5. The Morgan fingerprint density at radius 3 is 2.76 bits per heavy atom. The highest BCUT2D eigenvalue weighted by Gasteiger charge is 2.27. The molecule has 0 atom stereocenters. The number of pyridine rings is 1. The number of nitrogens with zero attached hydrogens (tertiary/aromatic N) is 3. The van der Waals surface area contributed by atoms with E-state index in [4.69, 9.17) is 10.6 Å². The van der Waals surface area contributed by atoms with Crippen LogP contribution in [0, 0.1) is 0 Å². The van der Waals surface area contributed by atoms with Crippen LogP contribution in [-0.2, 0) is 6.42 Å². The maximum atomic E-state index is 5.73. The van der Waals surface area contributed by atoms with Gasteiger partial charge in [-0.05, 0) is 43.4 Å². The number of hydrogen-bond donors (Lipinski definition) is 2. The molecule has 0 aromatic carbocycles. The highest BCUT2D eigenvalue weighted by atomic mass is 16.5. The molecule has 1 saturated carbocycles. The van der Waals surface area contributed by atoms with Crippen molar-refractivity contribution >= 4 is 5.82 Å². The van der Waals surface area contributed by atoms with E-state index in [1.807, 2.05) is 24.5 Å². The Morgan fingerprint density at radius 1 is 1.24 bits per heavy atom. The molecule has 3 N–H and O–H groups in total. The van der Waals surface area contributed by atoms with Crippen LogP contribution in [0.2, 0.25) is 0 Å². The molecule has 2 aromatic heterocycles. The van der Waals surface area contributed by atoms with E-state index in [0.717, 1.165) is 31.5 Å². The molecule has 0 saturated heterocycles. The van der Waals surface area contributed by atoms with Crippen LogP contribution in [0.4, 0.5) is 5.82 Å². The Balaban J connectivity index is 1.53. The number of nitrogen functional groups attached to an aromatic ring is 1. The summed E-state index contributed by atoms with van der Waals surface area (Å²) in [5, 5.41) is 0. The fourth-order valence-electron chi connectivity index (χ4n) is 2.12. The third kappa shape index (κ3) is 3.88. The Labute approximate surface area is 123 Å². The summed E-state index contributed by atoms with van der Waals surface area (Å²) in [6.45, 7) is 0.619. The van der Waals surface area contributed by atoms with E-state index in [9.17, 15) is 0 Å². The van der Waals surface area contributed by atoms with Gasteiger partial charge in [0.2, 0.25) is 5.88 Å². The average molecular weight is 285 g/mol. The van der Waals surface area contributed by atoms with E-state index in [0.29, 0.717) is 24.2 Å². The molecule has 3 rings (SSSR count). The van der Waals surface area contributed by atoms with Gasteiger partial charge in [0.05, 0.1) is 6.61 Å². The highest BCUT2D eigenvalue weighted by Crippen LogP contribution is 2.39. The molecule has 0 spiro atoms. The third-order valence-corrected chi connectivity index (χ3v) is 3.42. The maximum Gasteiger partial charge on any atom is 0.218 e. The summed E-state index contributed by atoms with van der Waals surface area (Å²) in [4.78, 5) is 12.8. The van der Waals surface area contributed by atoms with Gasteiger partial charge < -0.3 is 10.2 Å². The lowest BCUT2D eigenvalue weighted by Gasteiger charge is -2.09. The summed E-state index contributed by atoms with van der Waals surface area (Å²) in [7, 11) is 0. The van der Waals surface area contributed by atoms with Crippen LogP contribution in [0.5, 0.6) is 5.88 Å². The number of ether oxygens (including phenoxy) is 1. The molecule has 2 heterocycles. The molecular weight excluding hydrogens is 266 g/mol. The summed E-state index contributed by atoms with van der Waals surface area (Å²) in [6, 6.07) is 5.77. The SMILES string of the molecule is NNc1cc(OCCCc2ccncc2)nc(C2CC2)n1. The van der Waals surface area contributed by atoms with Crippen molar-refractivity contribution in [1.29, 1.82) is 0 Å². The van der Waals surface area contributed by atoms with Gasteiger partial charge >= 0.3 is 0 Å². The monoisotopic (exact) mass is 285 g/mol. The van der Waals surface area contributed by atoms with Crippen molar-refractivity contribution in [3.63, 3.8) is 0 Å². The quantitative estimate of drug-likeness (QED) is 0.460. The first-order valence-electron chi connectivity index (χ1n) is 7.22. The highest BCUT2D eigenvalue weighted by molar-refractivity contribution is 5.38. The molecule has 0 bridgehead atoms. The van der Waals surface area contributed by atoms with Crippen LogP contribution >= 0.6 is 0 Å². The molecule has 0 unspecified atom stereocenters. The van der Waals surface area contributed by atoms with Crippen molar-refractivity contribution in [3.8, 4) is 5.88 Å². The van der Waals surface area contributed by atoms with E-state index in [1.165, 1.54) is 5.56 Å². The van der Waals surface area contributed by atoms with Crippen LogP contribution in [0.25, 0.3) is 0 Å². The first kappa shape index (κ1) is 13.8. The Morgan fingerprint density at radius 2 is 2.05 bits per heavy atom. The van der Waals surface area contributed by atoms with Crippen molar-refractivity contribution in [2.24, 2.45) is 5.84 Å². The molecule has 6 nitrogen and oxygen atoms in total. The lowest BCUT2D eigenvalue weighted by Crippen LogP contribution is -2.11. The molecule has 1 fully saturated rings. The molecule has 0 radical (unpaired) electrons. The van der Waals surface area contributed by atoms with Gasteiger partial charge in [-0.3, -0.25) is 4.98 Å². The normalized spacial score (nSPS) is 14.0. The fourth-order valence-corrected chi connectivity index (χ4v) is 2.12. The summed E-state index contributed by atoms with van der Waals surface area (Å²) >= 11 is 0. The minimum Gasteiger partial charge on any atom is -0.478 e. The van der Waals surface area contributed by atoms with Crippen molar-refractivity contribution in [3.05, 3.63) is 42.0 Å². The molecule has 0 aliphatic heterocycles. The molecule has 21 heavy (non-hydrogen) atoms. The smallest absolute Gasteiger partial charge is 0.218 e. The Bertz CT molecular complexity index is 586. The summed E-state index contributed by atoms with van der Waals surface area (Å²) in [5.74, 6) is 7.94. The number of rotatable bonds is 7. The lowest BCUT2D eigenvalue weighted by molar-refractivity contribution is 0.298. The van der Waals surface area contributed by atoms with Crippen molar-refractivity contribution in [2.75, 3.05) is 12.0 Å². The van der Waals surface area contributed by atoms with Gasteiger partial charge in [0.25, 0.3) is 0 Å². The third-order valence-electron chi connectivity index (χ3n) is 3.42. The largest absolute Gasteiger partial charge is 0.478 e. The van der Waals surface area contributed by atoms with Crippen LogP contribution in [-0.4, -0.2) is 21.6 Å². The van der Waals surface area contributed by atoms with Crippen molar-refractivity contribution in [1.82, 2.24) is 15.0 Å². The second kappa shape index (κ2) is 6.49. The van der Waals surface area contributed by atoms with Gasteiger partial charge in [0.1, 0.15) is 11.6 Å². The summed E-state index contributed by atoms with van der Waals surface area (Å²) < 4.78 is 5.73. The standard InChI is InChI=1S/C15H19N5O/c16-20-13-10-14(19-15(18-13)12-3-4-12)21-9-1-2-11-5-7-17-8-6-11/h5-8,10,12H,1-4,9,16H2,(H,18,19,20). The van der Waals surface area contributed by atoms with E-state index < -0.39 is 0 Å². The van der Waals surface area contributed by atoms with E-state index in [2.05, 4.69) is 20.4 Å². The lowest BCUT2D eigenvalue weighted by atomic mass is 10.1. The Hall–Kier alpha value is -2.21. The maximum absolute atomic E-state index is 5.73. The first-order chi connectivity index (χ1) is 10.3. The van der Waals surface area contributed by atoms with Gasteiger partial charge in [-0.1, -0.05) is 0 Å². The van der Waals surface area contributed by atoms with Gasteiger partial charge in [-0.25, -0.2) is 10.8 Å². The number of anilines is 1. The second-order valence-corrected chi connectivity index (χ2v) is 5.18. The average Bonchev–Trinajstić information content (AvgIpc) is 3.37. The number of hydrazine groups is 1. The number of aromatic nitrogens is 3. The van der Waals surface area contributed by atoms with E-state index >= 15 is 0 Å². The second-order valence-electron chi connectivity index (χ2n) is 5.18. The van der Waals surface area contributed by atoms with Crippen LogP contribution in [0.3, 0.4) is 0 Å². The zero-order valence-electron chi connectivity index (χ0n) is 11.8. The number of nitrogens with one attached hydrogen (secondary N) is 1. The molecular formula is C15H19N5O. The molecule has 110 valence electrons. The number of nitrogens with two attached hydrogens (primary N) is 1. The van der Waals surface area contributed by atoms with Crippen LogP contribution < -0.4 is 16.0 Å². The molecule has 0 amide bonds. The van der Waals surface area contributed by atoms with Crippen molar-refractivity contribution < 1.29 is 4.74 Å². The minimum atomic E-state index is 0.470. The number of hydrogen-bond acceptors (Lipinski definition) is 6. The van der Waals surface area contributed by atoms with Crippen molar-refractivity contribution in [2.45, 2.75) is 31.6 Å². The molecule has 1 aliphatic carbocycles. The van der Waals surface area contributed by atoms with Crippen LogP contribution in [0.15, 0.2) is 30.6 Å². The topological polar surface area (TPSA) is 86.0 Å². The zero-order valence-corrected chi connectivity index (χ0v) is 11.8. The number of aryl methyl sites for hydroxylation is 1. The minimum absolute atomic E-state index is 0.470. The van der Waals surface area contributed by atoms with Gasteiger partial charge in [-0.2, -0.15) is 4.98 Å². The Kier molecular flexibility index (Phi) is 4.25. The predicted molar refractivity (Wildman–Crippen MR) is 79.9 cm³/mol. The first-order valence-corrected chi connectivity index (χ1v) is 7.22. The van der Waals surface area contributed by atoms with Gasteiger partial charge in [0.15, 0.2) is 0 Å². The van der Waals surface area contributed by atoms with Gasteiger partial charge in [-0.15, -0.1) is 0 Å². The fraction of sp³-hybridized carbons (Fsp3) is 0.400. The predicted octanol–water partition coefficient (Wildman–Crippen LogP) is 2.05. The summed E-state index contributed by atoms with van der Waals surface area (Å²) in [6.07, 6.45) is 7.80. The van der Waals surface area contributed by atoms with Gasteiger partial charge in [0, 0.05) is 24.4 Å². The summed E-state index contributed by atoms with van der Waals surface area (Å²) in [5.41, 5.74) is 3.83. The molecule has 1 aliphatic rings. The van der Waals surface area contributed by atoms with E-state index in [-0.39, 0.29) is 0 Å². The van der Waals surface area contributed by atoms with E-state index in [1.54, 1.807) is 6.07 Å². The molecule has 6 heteroatoms.